The Hall–Kier alpha value is -2.67. The summed E-state index contributed by atoms with van der Waals surface area (Å²) < 4.78 is 37.4. The van der Waals surface area contributed by atoms with E-state index in [1.165, 1.54) is 18.2 Å². The van der Waals surface area contributed by atoms with Gasteiger partial charge in [-0.1, -0.05) is 42.5 Å². The summed E-state index contributed by atoms with van der Waals surface area (Å²) in [5.74, 6) is 0.102. The lowest BCUT2D eigenvalue weighted by Crippen LogP contribution is -2.21. The van der Waals surface area contributed by atoms with E-state index in [9.17, 15) is 13.2 Å². The van der Waals surface area contributed by atoms with Gasteiger partial charge in [0, 0.05) is 16.0 Å². The maximum atomic E-state index is 12.5. The summed E-state index contributed by atoms with van der Waals surface area (Å²) >= 11 is -0.173. The molecule has 0 bridgehead atoms. The van der Waals surface area contributed by atoms with Crippen molar-refractivity contribution in [2.24, 2.45) is 10.7 Å². The third-order valence-corrected chi connectivity index (χ3v) is 4.07. The van der Waals surface area contributed by atoms with Crippen molar-refractivity contribution in [3.63, 3.8) is 0 Å². The summed E-state index contributed by atoms with van der Waals surface area (Å²) in [4.78, 5) is 4.42. The monoisotopic (exact) mass is 361 g/mol. The molecule has 128 valence electrons. The van der Waals surface area contributed by atoms with Gasteiger partial charge >= 0.3 is 5.51 Å². The molecule has 0 aliphatic rings. The van der Waals surface area contributed by atoms with Gasteiger partial charge in [0.15, 0.2) is 5.96 Å². The fourth-order valence-corrected chi connectivity index (χ4v) is 2.98. The van der Waals surface area contributed by atoms with E-state index in [2.05, 4.69) is 10.3 Å². The van der Waals surface area contributed by atoms with Crippen LogP contribution in [0.2, 0.25) is 0 Å². The van der Waals surface area contributed by atoms with Crippen LogP contribution in [0.25, 0.3) is 10.8 Å². The third-order valence-electron chi connectivity index (χ3n) is 3.35. The van der Waals surface area contributed by atoms with Crippen LogP contribution < -0.4 is 11.1 Å². The Morgan fingerprint density at radius 1 is 0.960 bits per heavy atom. The van der Waals surface area contributed by atoms with Crippen LogP contribution in [0.4, 0.5) is 24.5 Å². The summed E-state index contributed by atoms with van der Waals surface area (Å²) in [6, 6.07) is 19.3. The van der Waals surface area contributed by atoms with Crippen LogP contribution in [0, 0.1) is 0 Å². The SMILES string of the molecule is NC(=Nc1cccc2ccccc12)Nc1cccc(SC(F)(F)F)c1. The normalized spacial score (nSPS) is 12.4. The van der Waals surface area contributed by atoms with Gasteiger partial charge in [-0.15, -0.1) is 0 Å². The average molecular weight is 361 g/mol. The van der Waals surface area contributed by atoms with Gasteiger partial charge in [-0.25, -0.2) is 4.99 Å². The van der Waals surface area contributed by atoms with Gasteiger partial charge in [0.05, 0.1) is 5.69 Å². The van der Waals surface area contributed by atoms with Gasteiger partial charge in [0.1, 0.15) is 0 Å². The number of halogens is 3. The number of nitrogens with one attached hydrogen (secondary N) is 1. The maximum absolute atomic E-state index is 12.5. The Morgan fingerprint density at radius 2 is 1.68 bits per heavy atom. The molecular weight excluding hydrogens is 347 g/mol. The maximum Gasteiger partial charge on any atom is 0.446 e. The smallest absolute Gasteiger partial charge is 0.369 e. The molecule has 3 aromatic carbocycles. The summed E-state index contributed by atoms with van der Waals surface area (Å²) in [5.41, 5.74) is 2.71. The lowest BCUT2D eigenvalue weighted by molar-refractivity contribution is -0.0328. The number of hydrogen-bond donors (Lipinski definition) is 2. The van der Waals surface area contributed by atoms with Gasteiger partial charge in [0.25, 0.3) is 0 Å². The number of guanidine groups is 1. The molecule has 0 spiro atoms. The highest BCUT2D eigenvalue weighted by Gasteiger charge is 2.29. The number of aliphatic imine (C=N–C) groups is 1. The van der Waals surface area contributed by atoms with E-state index in [1.807, 2.05) is 42.5 Å². The Kier molecular flexibility index (Phi) is 4.85. The van der Waals surface area contributed by atoms with Crippen molar-refractivity contribution in [3.05, 3.63) is 66.7 Å². The molecule has 25 heavy (non-hydrogen) atoms. The second-order valence-corrected chi connectivity index (χ2v) is 6.33. The van der Waals surface area contributed by atoms with Crippen molar-refractivity contribution in [2.75, 3.05) is 5.32 Å². The van der Waals surface area contributed by atoms with E-state index in [0.29, 0.717) is 11.4 Å². The fraction of sp³-hybridized carbons (Fsp3) is 0.0556. The molecule has 3 aromatic rings. The highest BCUT2D eigenvalue weighted by Crippen LogP contribution is 2.37. The zero-order valence-electron chi connectivity index (χ0n) is 12.9. The zero-order valence-corrected chi connectivity index (χ0v) is 13.7. The summed E-state index contributed by atoms with van der Waals surface area (Å²) in [7, 11) is 0. The summed E-state index contributed by atoms with van der Waals surface area (Å²) in [5, 5.41) is 4.80. The molecule has 0 aliphatic heterocycles. The first-order valence-electron chi connectivity index (χ1n) is 7.35. The van der Waals surface area contributed by atoms with Crippen LogP contribution in [0.3, 0.4) is 0 Å². The molecule has 0 amide bonds. The quantitative estimate of drug-likeness (QED) is 0.367. The number of anilines is 1. The molecule has 0 radical (unpaired) electrons. The fourth-order valence-electron chi connectivity index (χ4n) is 2.38. The minimum Gasteiger partial charge on any atom is -0.369 e. The standard InChI is InChI=1S/C18H14F3N3S/c19-18(20,21)25-14-8-4-7-13(11-14)23-17(22)24-16-10-3-6-12-5-1-2-9-15(12)16/h1-11H,(H3,22,23,24). The topological polar surface area (TPSA) is 50.4 Å². The summed E-state index contributed by atoms with van der Waals surface area (Å²) in [6.07, 6.45) is 0. The number of fused-ring (bicyclic) bond motifs is 1. The molecule has 0 aliphatic carbocycles. The molecule has 3 rings (SSSR count). The zero-order chi connectivity index (χ0) is 17.9. The first kappa shape index (κ1) is 17.2. The van der Waals surface area contributed by atoms with Gasteiger partial charge in [0.2, 0.25) is 0 Å². The minimum atomic E-state index is -4.33. The van der Waals surface area contributed by atoms with Crippen molar-refractivity contribution in [3.8, 4) is 0 Å². The highest BCUT2D eigenvalue weighted by atomic mass is 32.2. The third kappa shape index (κ3) is 4.67. The molecular formula is C18H14F3N3S. The summed E-state index contributed by atoms with van der Waals surface area (Å²) in [6.45, 7) is 0. The number of benzene rings is 3. The number of nitrogens with two attached hydrogens (primary N) is 1. The van der Waals surface area contributed by atoms with Crippen LogP contribution in [-0.4, -0.2) is 11.5 Å². The molecule has 0 saturated carbocycles. The second-order valence-electron chi connectivity index (χ2n) is 5.20. The van der Waals surface area contributed by atoms with E-state index < -0.39 is 5.51 Å². The highest BCUT2D eigenvalue weighted by molar-refractivity contribution is 8.00. The van der Waals surface area contributed by atoms with Crippen LogP contribution in [0.15, 0.2) is 76.6 Å². The molecule has 0 saturated heterocycles. The molecule has 0 heterocycles. The van der Waals surface area contributed by atoms with Crippen molar-refractivity contribution in [1.82, 2.24) is 0 Å². The van der Waals surface area contributed by atoms with Crippen LogP contribution in [-0.2, 0) is 0 Å². The molecule has 0 fully saturated rings. The molecule has 3 N–H and O–H groups in total. The van der Waals surface area contributed by atoms with Crippen molar-refractivity contribution in [1.29, 1.82) is 0 Å². The number of thioether (sulfide) groups is 1. The van der Waals surface area contributed by atoms with E-state index in [4.69, 9.17) is 5.73 Å². The van der Waals surface area contributed by atoms with Crippen molar-refractivity contribution >= 4 is 39.9 Å². The Morgan fingerprint density at radius 3 is 2.48 bits per heavy atom. The molecule has 0 atom stereocenters. The van der Waals surface area contributed by atoms with E-state index in [1.54, 1.807) is 6.07 Å². The lowest BCUT2D eigenvalue weighted by Gasteiger charge is -2.09. The van der Waals surface area contributed by atoms with E-state index in [-0.39, 0.29) is 22.6 Å². The Balaban J connectivity index is 1.83. The van der Waals surface area contributed by atoms with Gasteiger partial charge in [-0.2, -0.15) is 13.2 Å². The largest absolute Gasteiger partial charge is 0.446 e. The number of rotatable bonds is 3. The second kappa shape index (κ2) is 7.06. The Bertz CT molecular complexity index is 917. The lowest BCUT2D eigenvalue weighted by atomic mass is 10.1. The molecule has 0 unspecified atom stereocenters. The van der Waals surface area contributed by atoms with E-state index >= 15 is 0 Å². The predicted octanol–water partition coefficient (Wildman–Crippen LogP) is 5.51. The number of alkyl halides is 3. The molecule has 0 aromatic heterocycles. The predicted molar refractivity (Wildman–Crippen MR) is 97.2 cm³/mol. The minimum absolute atomic E-state index is 0.0791. The van der Waals surface area contributed by atoms with Crippen LogP contribution in [0.1, 0.15) is 0 Å². The van der Waals surface area contributed by atoms with Crippen molar-refractivity contribution in [2.45, 2.75) is 10.4 Å². The van der Waals surface area contributed by atoms with Crippen molar-refractivity contribution < 1.29 is 13.2 Å². The number of hydrogen-bond acceptors (Lipinski definition) is 2. The van der Waals surface area contributed by atoms with Gasteiger partial charge < -0.3 is 11.1 Å². The van der Waals surface area contributed by atoms with E-state index in [0.717, 1.165) is 10.8 Å². The molecule has 3 nitrogen and oxygen atoms in total. The number of nitrogens with zero attached hydrogens (tertiary/aromatic N) is 1. The first-order chi connectivity index (χ1) is 11.9. The Labute approximate surface area is 146 Å². The van der Waals surface area contributed by atoms with Gasteiger partial charge in [-0.3, -0.25) is 0 Å². The first-order valence-corrected chi connectivity index (χ1v) is 8.17. The van der Waals surface area contributed by atoms with Crippen LogP contribution >= 0.6 is 11.8 Å². The van der Waals surface area contributed by atoms with Crippen LogP contribution in [0.5, 0.6) is 0 Å². The average Bonchev–Trinajstić information content (AvgIpc) is 2.54. The van der Waals surface area contributed by atoms with Gasteiger partial charge in [-0.05, 0) is 41.4 Å². The molecule has 7 heteroatoms.